The van der Waals surface area contributed by atoms with E-state index in [-0.39, 0.29) is 22.1 Å². The maximum atomic E-state index is 12.4. The number of methoxy groups -OCH3 is 1. The highest BCUT2D eigenvalue weighted by Gasteiger charge is 2.27. The van der Waals surface area contributed by atoms with E-state index in [1.165, 1.54) is 26.3 Å². The number of nitrogens with zero attached hydrogens (tertiary/aromatic N) is 1. The average Bonchev–Trinajstić information content (AvgIpc) is 2.47. The maximum Gasteiger partial charge on any atom is 0.255 e. The minimum atomic E-state index is -3.79. The molecule has 7 heteroatoms. The molecule has 0 aliphatic rings. The fraction of sp³-hybridized carbons (Fsp3) is 0.462. The lowest BCUT2D eigenvalue weighted by Gasteiger charge is -2.21. The fourth-order valence-corrected chi connectivity index (χ4v) is 2.97. The molecule has 112 valence electrons. The van der Waals surface area contributed by atoms with Crippen LogP contribution < -0.4 is 9.46 Å². The summed E-state index contributed by atoms with van der Waals surface area (Å²) in [6, 6.07) is 4.61. The van der Waals surface area contributed by atoms with E-state index < -0.39 is 10.0 Å². The van der Waals surface area contributed by atoms with Gasteiger partial charge >= 0.3 is 0 Å². The zero-order chi connectivity index (χ0) is 15.3. The van der Waals surface area contributed by atoms with Crippen LogP contribution in [0.2, 0.25) is 0 Å². The van der Waals surface area contributed by atoms with Crippen LogP contribution in [-0.2, 0) is 10.0 Å². The number of rotatable bonds is 6. The number of carbonyl (C=O) groups is 1. The molecule has 20 heavy (non-hydrogen) atoms. The predicted octanol–water partition coefficient (Wildman–Crippen LogP) is 1.09. The summed E-state index contributed by atoms with van der Waals surface area (Å²) in [7, 11) is -1.12. The molecule has 0 saturated heterocycles. The van der Waals surface area contributed by atoms with Gasteiger partial charge in [-0.2, -0.15) is 0 Å². The molecule has 0 atom stereocenters. The Hall–Kier alpha value is -1.60. The van der Waals surface area contributed by atoms with Crippen molar-refractivity contribution < 1.29 is 17.9 Å². The van der Waals surface area contributed by atoms with E-state index in [1.807, 2.05) is 13.8 Å². The van der Waals surface area contributed by atoms with E-state index in [0.717, 1.165) is 0 Å². The topological polar surface area (TPSA) is 75.7 Å². The number of benzene rings is 1. The van der Waals surface area contributed by atoms with E-state index in [9.17, 15) is 13.2 Å². The van der Waals surface area contributed by atoms with E-state index in [0.29, 0.717) is 13.1 Å². The second-order valence-corrected chi connectivity index (χ2v) is 5.85. The molecule has 1 N–H and O–H groups in total. The predicted molar refractivity (Wildman–Crippen MR) is 76.5 cm³/mol. The lowest BCUT2D eigenvalue weighted by molar-refractivity contribution is 0.0768. The third-order valence-corrected chi connectivity index (χ3v) is 4.51. The van der Waals surface area contributed by atoms with E-state index in [4.69, 9.17) is 4.74 Å². The minimum Gasteiger partial charge on any atom is -0.495 e. The Kier molecular flexibility index (Phi) is 5.52. The summed E-state index contributed by atoms with van der Waals surface area (Å²) in [5.41, 5.74) is 0.113. The number of amides is 1. The SMILES string of the molecule is CCN(CC)C(=O)c1cccc(OC)c1S(=O)(=O)NC. The summed E-state index contributed by atoms with van der Waals surface area (Å²) in [5.74, 6) is -0.180. The average molecular weight is 300 g/mol. The van der Waals surface area contributed by atoms with Gasteiger partial charge < -0.3 is 9.64 Å². The van der Waals surface area contributed by atoms with Gasteiger partial charge in [-0.25, -0.2) is 13.1 Å². The van der Waals surface area contributed by atoms with Crippen LogP contribution in [-0.4, -0.2) is 46.5 Å². The molecular weight excluding hydrogens is 280 g/mol. The highest BCUT2D eigenvalue weighted by molar-refractivity contribution is 7.89. The molecule has 0 fully saturated rings. The van der Waals surface area contributed by atoms with E-state index >= 15 is 0 Å². The van der Waals surface area contributed by atoms with Crippen molar-refractivity contribution in [2.24, 2.45) is 0 Å². The summed E-state index contributed by atoms with van der Waals surface area (Å²) >= 11 is 0. The van der Waals surface area contributed by atoms with Crippen molar-refractivity contribution in [3.05, 3.63) is 23.8 Å². The monoisotopic (exact) mass is 300 g/mol. The second-order valence-electron chi connectivity index (χ2n) is 4.02. The van der Waals surface area contributed by atoms with Crippen molar-refractivity contribution in [1.82, 2.24) is 9.62 Å². The van der Waals surface area contributed by atoms with Crippen LogP contribution in [0.25, 0.3) is 0 Å². The highest BCUT2D eigenvalue weighted by Crippen LogP contribution is 2.28. The first-order chi connectivity index (χ1) is 9.42. The number of nitrogens with one attached hydrogen (secondary N) is 1. The second kappa shape index (κ2) is 6.71. The molecular formula is C13H20N2O4S. The normalized spacial score (nSPS) is 11.2. The van der Waals surface area contributed by atoms with Crippen LogP contribution in [0, 0.1) is 0 Å². The van der Waals surface area contributed by atoms with Gasteiger partial charge in [0.15, 0.2) is 0 Å². The first-order valence-electron chi connectivity index (χ1n) is 6.32. The first-order valence-corrected chi connectivity index (χ1v) is 7.81. The van der Waals surface area contributed by atoms with Crippen LogP contribution >= 0.6 is 0 Å². The van der Waals surface area contributed by atoms with Crippen LogP contribution in [0.1, 0.15) is 24.2 Å². The molecule has 0 radical (unpaired) electrons. The number of carbonyl (C=O) groups excluding carboxylic acids is 1. The fourth-order valence-electron chi connectivity index (χ4n) is 1.91. The zero-order valence-corrected chi connectivity index (χ0v) is 13.0. The molecule has 0 spiro atoms. The molecule has 0 aromatic heterocycles. The molecule has 1 aromatic rings. The van der Waals surface area contributed by atoms with Gasteiger partial charge in [-0.1, -0.05) is 6.07 Å². The van der Waals surface area contributed by atoms with Crippen LogP contribution in [0.4, 0.5) is 0 Å². The Labute approximate surface area is 119 Å². The van der Waals surface area contributed by atoms with Crippen molar-refractivity contribution >= 4 is 15.9 Å². The third kappa shape index (κ3) is 3.10. The first kappa shape index (κ1) is 16.5. The Morgan fingerprint density at radius 1 is 1.30 bits per heavy atom. The molecule has 0 bridgehead atoms. The Morgan fingerprint density at radius 3 is 2.35 bits per heavy atom. The molecule has 0 saturated carbocycles. The minimum absolute atomic E-state index is 0.113. The van der Waals surface area contributed by atoms with Crippen molar-refractivity contribution in [1.29, 1.82) is 0 Å². The Balaban J connectivity index is 3.52. The van der Waals surface area contributed by atoms with Gasteiger partial charge in [-0.15, -0.1) is 0 Å². The molecule has 0 unspecified atom stereocenters. The van der Waals surface area contributed by atoms with Crippen molar-refractivity contribution in [3.63, 3.8) is 0 Å². The van der Waals surface area contributed by atoms with Gasteiger partial charge in [0.1, 0.15) is 10.6 Å². The zero-order valence-electron chi connectivity index (χ0n) is 12.1. The van der Waals surface area contributed by atoms with Gasteiger partial charge in [0, 0.05) is 13.1 Å². The van der Waals surface area contributed by atoms with Crippen LogP contribution in [0.5, 0.6) is 5.75 Å². The maximum absolute atomic E-state index is 12.4. The van der Waals surface area contributed by atoms with Gasteiger partial charge in [0.2, 0.25) is 10.0 Å². The molecule has 1 rings (SSSR count). The lowest BCUT2D eigenvalue weighted by atomic mass is 10.2. The largest absolute Gasteiger partial charge is 0.495 e. The van der Waals surface area contributed by atoms with Gasteiger partial charge in [-0.05, 0) is 33.0 Å². The smallest absolute Gasteiger partial charge is 0.255 e. The Bertz CT molecular complexity index is 580. The summed E-state index contributed by atoms with van der Waals surface area (Å²) < 4.78 is 31.6. The van der Waals surface area contributed by atoms with Gasteiger partial charge in [0.25, 0.3) is 5.91 Å². The highest BCUT2D eigenvalue weighted by atomic mass is 32.2. The molecule has 0 aliphatic heterocycles. The van der Waals surface area contributed by atoms with Crippen molar-refractivity contribution in [2.45, 2.75) is 18.7 Å². The molecule has 6 nitrogen and oxygen atoms in total. The number of hydrogen-bond donors (Lipinski definition) is 1. The molecule has 1 amide bonds. The summed E-state index contributed by atoms with van der Waals surface area (Å²) in [5, 5.41) is 0. The summed E-state index contributed by atoms with van der Waals surface area (Å²) in [4.78, 5) is 13.9. The Morgan fingerprint density at radius 2 is 1.90 bits per heavy atom. The summed E-state index contributed by atoms with van der Waals surface area (Å²) in [6.45, 7) is 4.69. The molecule has 0 aliphatic carbocycles. The third-order valence-electron chi connectivity index (χ3n) is 3.02. The van der Waals surface area contributed by atoms with Crippen molar-refractivity contribution in [2.75, 3.05) is 27.2 Å². The number of ether oxygens (including phenoxy) is 1. The van der Waals surface area contributed by atoms with E-state index in [1.54, 1.807) is 11.0 Å². The van der Waals surface area contributed by atoms with Crippen molar-refractivity contribution in [3.8, 4) is 5.75 Å². The van der Waals surface area contributed by atoms with Crippen LogP contribution in [0.15, 0.2) is 23.1 Å². The number of sulfonamides is 1. The van der Waals surface area contributed by atoms with Gasteiger partial charge in [-0.3, -0.25) is 4.79 Å². The molecule has 0 heterocycles. The quantitative estimate of drug-likeness (QED) is 0.853. The lowest BCUT2D eigenvalue weighted by Crippen LogP contribution is -2.32. The standard InChI is InChI=1S/C13H20N2O4S/c1-5-15(6-2)13(16)10-8-7-9-11(19-4)12(10)20(17,18)14-3/h7-9,14H,5-6H2,1-4H3. The van der Waals surface area contributed by atoms with Gasteiger partial charge in [0.05, 0.1) is 12.7 Å². The molecule has 1 aromatic carbocycles. The number of hydrogen-bond acceptors (Lipinski definition) is 4. The summed E-state index contributed by atoms with van der Waals surface area (Å²) in [6.07, 6.45) is 0. The van der Waals surface area contributed by atoms with Crippen LogP contribution in [0.3, 0.4) is 0 Å². The van der Waals surface area contributed by atoms with E-state index in [2.05, 4.69) is 4.72 Å².